The van der Waals surface area contributed by atoms with Crippen LogP contribution in [0, 0.1) is 11.3 Å². The summed E-state index contributed by atoms with van der Waals surface area (Å²) in [5.41, 5.74) is 2.66. The Bertz CT molecular complexity index is 952. The lowest BCUT2D eigenvalue weighted by molar-refractivity contribution is 0.443. The van der Waals surface area contributed by atoms with Gasteiger partial charge >= 0.3 is 0 Å². The molecule has 29 heavy (non-hydrogen) atoms. The van der Waals surface area contributed by atoms with Crippen molar-refractivity contribution in [3.8, 4) is 11.8 Å². The van der Waals surface area contributed by atoms with Crippen molar-refractivity contribution in [1.29, 1.82) is 5.26 Å². The maximum atomic E-state index is 9.56. The highest BCUT2D eigenvalue weighted by molar-refractivity contribution is 6.35. The van der Waals surface area contributed by atoms with Gasteiger partial charge in [0.1, 0.15) is 17.6 Å². The van der Waals surface area contributed by atoms with E-state index in [9.17, 15) is 5.26 Å². The van der Waals surface area contributed by atoms with Crippen molar-refractivity contribution in [2.45, 2.75) is 33.1 Å². The first-order chi connectivity index (χ1) is 14.1. The number of halogens is 1. The second-order valence-corrected chi connectivity index (χ2v) is 6.77. The van der Waals surface area contributed by atoms with Crippen molar-refractivity contribution in [2.75, 3.05) is 0 Å². The van der Waals surface area contributed by atoms with Crippen LogP contribution in [0.5, 0.6) is 5.75 Å². The zero-order chi connectivity index (χ0) is 21.1. The summed E-state index contributed by atoms with van der Waals surface area (Å²) in [6, 6.07) is 9.67. The van der Waals surface area contributed by atoms with E-state index in [1.165, 1.54) is 0 Å². The number of nitrogens with zero attached hydrogens (tertiary/aromatic N) is 2. The Labute approximate surface area is 178 Å². The Hall–Kier alpha value is -3.09. The fraction of sp³-hybridized carbons (Fsp3) is 0.200. The number of ether oxygens (including phenoxy) is 1. The molecule has 0 amide bonds. The predicted octanol–water partition coefficient (Wildman–Crippen LogP) is 7.16. The van der Waals surface area contributed by atoms with Gasteiger partial charge in [-0.2, -0.15) is 5.26 Å². The molecular weight excluding hydrogens is 380 g/mol. The molecule has 2 rings (SSSR count). The van der Waals surface area contributed by atoms with E-state index in [0.29, 0.717) is 28.5 Å². The third kappa shape index (κ3) is 6.48. The Morgan fingerprint density at radius 3 is 2.69 bits per heavy atom. The molecule has 0 aliphatic carbocycles. The second kappa shape index (κ2) is 11.7. The fourth-order valence-electron chi connectivity index (χ4n) is 2.64. The molecule has 4 heteroatoms. The molecule has 1 aliphatic heterocycles. The van der Waals surface area contributed by atoms with E-state index >= 15 is 0 Å². The van der Waals surface area contributed by atoms with Gasteiger partial charge in [0.15, 0.2) is 0 Å². The number of allylic oxidation sites excluding steroid dienone is 9. The van der Waals surface area contributed by atoms with Crippen molar-refractivity contribution >= 4 is 17.3 Å². The van der Waals surface area contributed by atoms with E-state index in [1.807, 2.05) is 61.6 Å². The monoisotopic (exact) mass is 404 g/mol. The summed E-state index contributed by atoms with van der Waals surface area (Å²) in [4.78, 5) is 4.69. The van der Waals surface area contributed by atoms with Crippen LogP contribution in [0.15, 0.2) is 100 Å². The largest absolute Gasteiger partial charge is 0.458 e. The van der Waals surface area contributed by atoms with Crippen molar-refractivity contribution in [1.82, 2.24) is 0 Å². The maximum absolute atomic E-state index is 9.56. The average Bonchev–Trinajstić information content (AvgIpc) is 2.74. The molecule has 0 unspecified atom stereocenters. The molecule has 1 heterocycles. The Morgan fingerprint density at radius 1 is 1.31 bits per heavy atom. The minimum Gasteiger partial charge on any atom is -0.458 e. The van der Waals surface area contributed by atoms with Gasteiger partial charge in [-0.25, -0.2) is 0 Å². The lowest BCUT2D eigenvalue weighted by Crippen LogP contribution is -2.10. The van der Waals surface area contributed by atoms with Crippen LogP contribution in [-0.4, -0.2) is 5.71 Å². The number of dihydropyridines is 1. The molecule has 148 valence electrons. The number of hydrogen-bond acceptors (Lipinski definition) is 3. The topological polar surface area (TPSA) is 45.4 Å². The van der Waals surface area contributed by atoms with Crippen LogP contribution in [0.3, 0.4) is 0 Å². The summed E-state index contributed by atoms with van der Waals surface area (Å²) in [5, 5.41) is 10.1. The summed E-state index contributed by atoms with van der Waals surface area (Å²) >= 11 is 6.39. The van der Waals surface area contributed by atoms with Gasteiger partial charge in [-0.1, -0.05) is 55.8 Å². The number of hydrogen-bond donors (Lipinski definition) is 0. The van der Waals surface area contributed by atoms with E-state index in [2.05, 4.69) is 30.6 Å². The van der Waals surface area contributed by atoms with Gasteiger partial charge < -0.3 is 4.74 Å². The highest BCUT2D eigenvalue weighted by Gasteiger charge is 2.20. The summed E-state index contributed by atoms with van der Waals surface area (Å²) in [6.45, 7) is 7.70. The van der Waals surface area contributed by atoms with Gasteiger partial charge in [0.2, 0.25) is 0 Å². The normalized spacial score (nSPS) is 16.4. The molecule has 0 saturated heterocycles. The van der Waals surface area contributed by atoms with Crippen LogP contribution in [0.25, 0.3) is 0 Å². The summed E-state index contributed by atoms with van der Waals surface area (Å²) in [6.07, 6.45) is 15.9. The van der Waals surface area contributed by atoms with E-state index in [4.69, 9.17) is 16.3 Å². The zero-order valence-corrected chi connectivity index (χ0v) is 17.6. The second-order valence-electron chi connectivity index (χ2n) is 6.32. The van der Waals surface area contributed by atoms with Gasteiger partial charge in [-0.05, 0) is 55.8 Å². The van der Waals surface area contributed by atoms with Crippen LogP contribution in [0.4, 0.5) is 0 Å². The Kier molecular flexibility index (Phi) is 8.95. The van der Waals surface area contributed by atoms with Crippen molar-refractivity contribution in [3.63, 3.8) is 0 Å². The SMILES string of the molecule is C=C/C=C\C(=C/C)Oc1ccc(C2=N/C(=C/C=C\CCC)CC(Cl)=C2C#N)cc1. The maximum Gasteiger partial charge on any atom is 0.127 e. The van der Waals surface area contributed by atoms with Crippen molar-refractivity contribution in [3.05, 3.63) is 101 Å². The molecule has 1 aromatic rings. The molecule has 0 atom stereocenters. The zero-order valence-electron chi connectivity index (χ0n) is 16.9. The Morgan fingerprint density at radius 2 is 2.07 bits per heavy atom. The van der Waals surface area contributed by atoms with Crippen molar-refractivity contribution in [2.24, 2.45) is 4.99 Å². The minimum absolute atomic E-state index is 0.415. The first-order valence-electron chi connectivity index (χ1n) is 9.60. The van der Waals surface area contributed by atoms with Crippen LogP contribution in [-0.2, 0) is 0 Å². The molecule has 0 saturated carbocycles. The molecule has 1 aromatic carbocycles. The molecule has 1 aliphatic rings. The Balaban J connectivity index is 2.29. The average molecular weight is 405 g/mol. The van der Waals surface area contributed by atoms with Gasteiger partial charge in [-0.15, -0.1) is 0 Å². The van der Waals surface area contributed by atoms with Gasteiger partial charge in [0.05, 0.1) is 11.3 Å². The van der Waals surface area contributed by atoms with E-state index in [0.717, 1.165) is 29.9 Å². The molecular formula is C25H25ClN2O. The third-order valence-electron chi connectivity index (χ3n) is 4.14. The van der Waals surface area contributed by atoms with Crippen LogP contribution in [0.1, 0.15) is 38.7 Å². The third-order valence-corrected chi connectivity index (χ3v) is 4.46. The molecule has 0 fully saturated rings. The molecule has 0 N–H and O–H groups in total. The number of unbranched alkanes of at least 4 members (excludes halogenated alkanes) is 1. The van der Waals surface area contributed by atoms with Crippen LogP contribution < -0.4 is 4.74 Å². The highest BCUT2D eigenvalue weighted by atomic mass is 35.5. The number of aliphatic imine (C=N–C) groups is 1. The molecule has 0 spiro atoms. The van der Waals surface area contributed by atoms with E-state index < -0.39 is 0 Å². The van der Waals surface area contributed by atoms with Gasteiger partial charge in [0.25, 0.3) is 0 Å². The van der Waals surface area contributed by atoms with Crippen LogP contribution in [0.2, 0.25) is 0 Å². The molecule has 0 bridgehead atoms. The smallest absolute Gasteiger partial charge is 0.127 e. The lowest BCUT2D eigenvalue weighted by Gasteiger charge is -2.15. The summed E-state index contributed by atoms with van der Waals surface area (Å²) in [7, 11) is 0. The first-order valence-corrected chi connectivity index (χ1v) is 9.97. The van der Waals surface area contributed by atoms with Gasteiger partial charge in [0, 0.05) is 22.7 Å². The number of nitriles is 1. The highest BCUT2D eigenvalue weighted by Crippen LogP contribution is 2.29. The molecule has 0 aromatic heterocycles. The predicted molar refractivity (Wildman–Crippen MR) is 122 cm³/mol. The van der Waals surface area contributed by atoms with Gasteiger partial charge in [-0.3, -0.25) is 4.99 Å². The van der Waals surface area contributed by atoms with E-state index in [-0.39, 0.29) is 0 Å². The standard InChI is InChI=1S/C25H25ClN2O/c1-4-7-9-10-11-20-17-24(26)23(18-27)25(28-20)19-13-15-22(16-14-19)29-21(6-3)12-8-5-2/h5-6,8-16H,2,4,7,17H2,1,3H3/b10-9-,12-8-,20-11+,21-6+. The number of benzene rings is 1. The van der Waals surface area contributed by atoms with E-state index in [1.54, 1.807) is 6.08 Å². The first kappa shape index (κ1) is 22.2. The lowest BCUT2D eigenvalue weighted by atomic mass is 9.98. The summed E-state index contributed by atoms with van der Waals surface area (Å²) in [5.74, 6) is 1.41. The molecule has 0 radical (unpaired) electrons. The minimum atomic E-state index is 0.415. The van der Waals surface area contributed by atoms with Crippen molar-refractivity contribution < 1.29 is 4.74 Å². The quantitative estimate of drug-likeness (QED) is 0.340. The fourth-order valence-corrected chi connectivity index (χ4v) is 2.91. The summed E-state index contributed by atoms with van der Waals surface area (Å²) < 4.78 is 5.84. The van der Waals surface area contributed by atoms with Crippen LogP contribution >= 0.6 is 11.6 Å². The molecule has 3 nitrogen and oxygen atoms in total. The number of rotatable bonds is 8.